The van der Waals surface area contributed by atoms with E-state index in [-0.39, 0.29) is 0 Å². The van der Waals surface area contributed by atoms with Crippen LogP contribution in [-0.2, 0) is 13.0 Å². The minimum absolute atomic E-state index is 0.525. The third-order valence-electron chi connectivity index (χ3n) is 2.82. The number of aryl methyl sites for hydroxylation is 1. The van der Waals surface area contributed by atoms with Gasteiger partial charge in [0.05, 0.1) is 11.2 Å². The first-order chi connectivity index (χ1) is 8.34. The average molecular weight is 246 g/mol. The fraction of sp³-hybridized carbons (Fsp3) is 0.357. The van der Waals surface area contributed by atoms with Crippen molar-refractivity contribution in [2.45, 2.75) is 32.4 Å². The van der Waals surface area contributed by atoms with Crippen molar-refractivity contribution < 1.29 is 0 Å². The van der Waals surface area contributed by atoms with E-state index in [0.29, 0.717) is 6.04 Å². The predicted octanol–water partition coefficient (Wildman–Crippen LogP) is 3.25. The lowest BCUT2D eigenvalue weighted by atomic mass is 10.1. The molecule has 0 aliphatic rings. The minimum atomic E-state index is 0.525. The van der Waals surface area contributed by atoms with E-state index >= 15 is 0 Å². The van der Waals surface area contributed by atoms with Crippen molar-refractivity contribution in [2.75, 3.05) is 0 Å². The highest BCUT2D eigenvalue weighted by molar-refractivity contribution is 7.07. The Labute approximate surface area is 107 Å². The Hall–Kier alpha value is -1.19. The molecule has 2 aromatic rings. The normalized spacial score (nSPS) is 12.5. The lowest BCUT2D eigenvalue weighted by Crippen LogP contribution is -2.26. The summed E-state index contributed by atoms with van der Waals surface area (Å²) in [4.78, 5) is 4.26. The highest BCUT2D eigenvalue weighted by atomic mass is 32.1. The zero-order chi connectivity index (χ0) is 11.9. The monoisotopic (exact) mass is 246 g/mol. The fourth-order valence-electron chi connectivity index (χ4n) is 1.73. The molecule has 0 saturated carbocycles. The molecule has 0 aliphatic heterocycles. The van der Waals surface area contributed by atoms with E-state index in [1.54, 1.807) is 11.3 Å². The summed E-state index contributed by atoms with van der Waals surface area (Å²) in [6.45, 7) is 3.11. The number of thiazole rings is 1. The molecule has 1 aromatic heterocycles. The Balaban J connectivity index is 1.69. The van der Waals surface area contributed by atoms with Crippen molar-refractivity contribution in [1.82, 2.24) is 10.3 Å². The maximum Gasteiger partial charge on any atom is 0.0795 e. The van der Waals surface area contributed by atoms with Crippen LogP contribution in [0.5, 0.6) is 0 Å². The van der Waals surface area contributed by atoms with Crippen LogP contribution in [-0.4, -0.2) is 11.0 Å². The summed E-state index contributed by atoms with van der Waals surface area (Å²) in [5.74, 6) is 0. The van der Waals surface area contributed by atoms with Crippen LogP contribution in [0.25, 0.3) is 0 Å². The number of hydrogen-bond donors (Lipinski definition) is 1. The van der Waals surface area contributed by atoms with E-state index in [9.17, 15) is 0 Å². The molecule has 90 valence electrons. The van der Waals surface area contributed by atoms with Gasteiger partial charge in [-0.25, -0.2) is 4.98 Å². The molecular weight excluding hydrogens is 228 g/mol. The zero-order valence-electron chi connectivity index (χ0n) is 10.1. The molecule has 1 N–H and O–H groups in total. The Kier molecular flexibility index (Phi) is 4.71. The molecular formula is C14H18N2S. The second-order valence-electron chi connectivity index (χ2n) is 4.29. The van der Waals surface area contributed by atoms with Gasteiger partial charge in [-0.3, -0.25) is 0 Å². The summed E-state index contributed by atoms with van der Waals surface area (Å²) in [6, 6.07) is 11.2. The van der Waals surface area contributed by atoms with Gasteiger partial charge in [0.2, 0.25) is 0 Å². The highest BCUT2D eigenvalue weighted by Crippen LogP contribution is 2.06. The molecule has 0 bridgehead atoms. The van der Waals surface area contributed by atoms with Gasteiger partial charge in [0.15, 0.2) is 0 Å². The van der Waals surface area contributed by atoms with Gasteiger partial charge in [-0.1, -0.05) is 30.3 Å². The van der Waals surface area contributed by atoms with E-state index in [0.717, 1.165) is 25.1 Å². The first kappa shape index (κ1) is 12.3. The molecule has 1 atom stereocenters. The lowest BCUT2D eigenvalue weighted by Gasteiger charge is -2.12. The second kappa shape index (κ2) is 6.52. The van der Waals surface area contributed by atoms with Crippen LogP contribution in [0.15, 0.2) is 41.2 Å². The van der Waals surface area contributed by atoms with E-state index in [2.05, 4.69) is 52.9 Å². The van der Waals surface area contributed by atoms with Crippen molar-refractivity contribution in [3.05, 3.63) is 52.5 Å². The summed E-state index contributed by atoms with van der Waals surface area (Å²) >= 11 is 1.65. The highest BCUT2D eigenvalue weighted by Gasteiger charge is 2.03. The molecule has 0 amide bonds. The number of hydrogen-bond acceptors (Lipinski definition) is 3. The SMILES string of the molecule is CC(CCc1ccccc1)NCc1cscn1. The molecule has 0 spiro atoms. The summed E-state index contributed by atoms with van der Waals surface area (Å²) in [7, 11) is 0. The number of nitrogens with one attached hydrogen (secondary N) is 1. The van der Waals surface area contributed by atoms with Gasteiger partial charge in [0, 0.05) is 18.0 Å². The van der Waals surface area contributed by atoms with Gasteiger partial charge >= 0.3 is 0 Å². The molecule has 0 aliphatic carbocycles. The lowest BCUT2D eigenvalue weighted by molar-refractivity contribution is 0.510. The molecule has 0 saturated heterocycles. The smallest absolute Gasteiger partial charge is 0.0795 e. The van der Waals surface area contributed by atoms with Crippen LogP contribution in [0.4, 0.5) is 0 Å². The van der Waals surface area contributed by atoms with Crippen LogP contribution in [0, 0.1) is 0 Å². The minimum Gasteiger partial charge on any atom is -0.309 e. The van der Waals surface area contributed by atoms with Crippen LogP contribution < -0.4 is 5.32 Å². The molecule has 2 rings (SSSR count). The summed E-state index contributed by atoms with van der Waals surface area (Å²) in [6.07, 6.45) is 2.29. The van der Waals surface area contributed by atoms with E-state index in [4.69, 9.17) is 0 Å². The Bertz CT molecular complexity index is 411. The maximum atomic E-state index is 4.26. The summed E-state index contributed by atoms with van der Waals surface area (Å²) in [5.41, 5.74) is 4.43. The van der Waals surface area contributed by atoms with Crippen molar-refractivity contribution in [1.29, 1.82) is 0 Å². The van der Waals surface area contributed by atoms with E-state index < -0.39 is 0 Å². The summed E-state index contributed by atoms with van der Waals surface area (Å²) < 4.78 is 0. The number of benzene rings is 1. The van der Waals surface area contributed by atoms with Crippen LogP contribution in [0.2, 0.25) is 0 Å². The van der Waals surface area contributed by atoms with Crippen molar-refractivity contribution in [3.63, 3.8) is 0 Å². The third-order valence-corrected chi connectivity index (χ3v) is 3.46. The van der Waals surface area contributed by atoms with Gasteiger partial charge < -0.3 is 5.32 Å². The average Bonchev–Trinajstić information content (AvgIpc) is 2.88. The van der Waals surface area contributed by atoms with Gasteiger partial charge in [0.1, 0.15) is 0 Å². The molecule has 3 heteroatoms. The molecule has 17 heavy (non-hydrogen) atoms. The Morgan fingerprint density at radius 2 is 2.12 bits per heavy atom. The van der Waals surface area contributed by atoms with Crippen molar-refractivity contribution >= 4 is 11.3 Å². The van der Waals surface area contributed by atoms with Crippen molar-refractivity contribution in [2.24, 2.45) is 0 Å². The van der Waals surface area contributed by atoms with Crippen LogP contribution in [0.1, 0.15) is 24.6 Å². The Morgan fingerprint density at radius 1 is 1.29 bits per heavy atom. The van der Waals surface area contributed by atoms with Crippen molar-refractivity contribution in [3.8, 4) is 0 Å². The Morgan fingerprint density at radius 3 is 2.82 bits per heavy atom. The van der Waals surface area contributed by atoms with E-state index in [1.165, 1.54) is 5.56 Å². The first-order valence-electron chi connectivity index (χ1n) is 5.99. The number of rotatable bonds is 6. The van der Waals surface area contributed by atoms with Gasteiger partial charge in [0.25, 0.3) is 0 Å². The van der Waals surface area contributed by atoms with Crippen LogP contribution in [0.3, 0.4) is 0 Å². The fourth-order valence-corrected chi connectivity index (χ4v) is 2.29. The van der Waals surface area contributed by atoms with Crippen LogP contribution >= 0.6 is 11.3 Å². The topological polar surface area (TPSA) is 24.9 Å². The first-order valence-corrected chi connectivity index (χ1v) is 6.93. The standard InChI is InChI=1S/C14H18N2S/c1-12(15-9-14-10-17-11-16-14)7-8-13-5-3-2-4-6-13/h2-6,10-12,15H,7-9H2,1H3. The largest absolute Gasteiger partial charge is 0.309 e. The number of aromatic nitrogens is 1. The summed E-state index contributed by atoms with van der Waals surface area (Å²) in [5, 5.41) is 5.59. The molecule has 0 radical (unpaired) electrons. The van der Waals surface area contributed by atoms with Gasteiger partial charge in [-0.2, -0.15) is 0 Å². The third kappa shape index (κ3) is 4.29. The molecule has 2 nitrogen and oxygen atoms in total. The molecule has 1 heterocycles. The molecule has 1 unspecified atom stereocenters. The second-order valence-corrected chi connectivity index (χ2v) is 5.00. The predicted molar refractivity (Wildman–Crippen MR) is 73.2 cm³/mol. The van der Waals surface area contributed by atoms with E-state index in [1.807, 2.05) is 5.51 Å². The molecule has 0 fully saturated rings. The number of nitrogens with zero attached hydrogens (tertiary/aromatic N) is 1. The van der Waals surface area contributed by atoms with Gasteiger partial charge in [-0.15, -0.1) is 11.3 Å². The zero-order valence-corrected chi connectivity index (χ0v) is 10.9. The quantitative estimate of drug-likeness (QED) is 0.846. The molecule has 1 aromatic carbocycles. The maximum absolute atomic E-state index is 4.26. The van der Waals surface area contributed by atoms with Gasteiger partial charge in [-0.05, 0) is 25.3 Å².